The predicted octanol–water partition coefficient (Wildman–Crippen LogP) is 3.44. The molecular weight excluding hydrogens is 439 g/mol. The first kappa shape index (κ1) is 21.0. The van der Waals surface area contributed by atoms with Gasteiger partial charge in [-0.3, -0.25) is 0 Å². The van der Waals surface area contributed by atoms with Gasteiger partial charge in [0.15, 0.2) is 0 Å². The minimum atomic E-state index is -0.473. The van der Waals surface area contributed by atoms with Crippen LogP contribution in [0.2, 0.25) is 5.02 Å². The van der Waals surface area contributed by atoms with E-state index in [0.29, 0.717) is 21.7 Å². The molecule has 0 spiro atoms. The Kier molecular flexibility index (Phi) is 6.31. The van der Waals surface area contributed by atoms with E-state index in [4.69, 9.17) is 11.6 Å². The van der Waals surface area contributed by atoms with Crippen molar-refractivity contribution in [3.05, 3.63) is 83.5 Å². The zero-order chi connectivity index (χ0) is 21.1. The van der Waals surface area contributed by atoms with Gasteiger partial charge in [0.05, 0.1) is 0 Å². The average molecular weight is 458 g/mol. The molecule has 152 valence electrons. The molecule has 2 aromatic carbocycles. The first-order chi connectivity index (χ1) is 13.8. The molecule has 1 amide bonds. The van der Waals surface area contributed by atoms with Gasteiger partial charge in [-0.2, -0.15) is 0 Å². The third kappa shape index (κ3) is 4.47. The van der Waals surface area contributed by atoms with Crippen molar-refractivity contribution < 1.29 is 34.2 Å². The van der Waals surface area contributed by atoms with Crippen molar-refractivity contribution in [3.63, 3.8) is 0 Å². The first-order valence-electron chi connectivity index (χ1n) is 8.52. The molecular formula is C21H18ClFN3NiO2+. The van der Waals surface area contributed by atoms with Gasteiger partial charge < -0.3 is 0 Å². The molecule has 3 aromatic rings. The Morgan fingerprint density at radius 2 is 2.00 bits per heavy atom. The number of hydrogen-bond donors (Lipinski definition) is 1. The SMILES string of the molecule is C=C(C(=O)N(Cc1c[n+](O)cc2c(F)cccc12)c1cccc(Cl)c1)N(C)[CH]=[Ni]. The molecule has 0 aliphatic rings. The zero-order valence-electron chi connectivity index (χ0n) is 15.5. The van der Waals surface area contributed by atoms with E-state index in [1.165, 1.54) is 33.4 Å². The summed E-state index contributed by atoms with van der Waals surface area (Å²) in [6.07, 6.45) is 2.71. The van der Waals surface area contributed by atoms with Crippen molar-refractivity contribution in [3.8, 4) is 0 Å². The Balaban J connectivity index is 2.12. The molecule has 3 rings (SSSR count). The molecule has 0 radical (unpaired) electrons. The minimum absolute atomic E-state index is 0.0498. The number of aromatic nitrogens is 1. The second kappa shape index (κ2) is 8.72. The van der Waals surface area contributed by atoms with Crippen molar-refractivity contribution in [2.75, 3.05) is 11.9 Å². The number of anilines is 1. The number of pyridine rings is 1. The van der Waals surface area contributed by atoms with Crippen LogP contribution in [0, 0.1) is 5.82 Å². The molecule has 1 aromatic heterocycles. The number of likely N-dealkylation sites (N-methyl/N-ethyl adjacent to an activating group) is 1. The first-order valence-corrected chi connectivity index (χ1v) is 9.47. The van der Waals surface area contributed by atoms with E-state index in [2.05, 4.69) is 21.6 Å². The van der Waals surface area contributed by atoms with Crippen LogP contribution in [0.5, 0.6) is 0 Å². The van der Waals surface area contributed by atoms with E-state index >= 15 is 0 Å². The van der Waals surface area contributed by atoms with Gasteiger partial charge >= 0.3 is 180 Å². The summed E-state index contributed by atoms with van der Waals surface area (Å²) in [4.78, 5) is 16.1. The standard InChI is InChI=1S/C21H18ClFN3O2.Ni/c1-14(24(2)3)21(27)26(17-7-4-6-16(22)10-17)12-15-11-25(28)13-19-18(15)8-5-9-20(19)23;/h2,4-11,13,28H,1,12H2,3H3;/q+1;. The van der Waals surface area contributed by atoms with Crippen LogP contribution in [0.4, 0.5) is 10.1 Å². The van der Waals surface area contributed by atoms with Crippen molar-refractivity contribution in [1.82, 2.24) is 4.90 Å². The van der Waals surface area contributed by atoms with E-state index in [-0.39, 0.29) is 17.6 Å². The summed E-state index contributed by atoms with van der Waals surface area (Å²) in [5, 5.41) is 12.6. The Bertz CT molecular complexity index is 1120. The van der Waals surface area contributed by atoms with Crippen molar-refractivity contribution in [2.45, 2.75) is 6.54 Å². The summed E-state index contributed by atoms with van der Waals surface area (Å²) in [7, 11) is 1.63. The Morgan fingerprint density at radius 1 is 1.28 bits per heavy atom. The molecule has 0 aliphatic carbocycles. The molecule has 1 heterocycles. The summed E-state index contributed by atoms with van der Waals surface area (Å²) in [5.74, 6) is -0.875. The van der Waals surface area contributed by atoms with E-state index in [0.717, 1.165) is 4.73 Å². The number of hydrogen-bond acceptors (Lipinski definition) is 3. The molecule has 0 unspecified atom stereocenters. The quantitative estimate of drug-likeness (QED) is 0.267. The third-order valence-electron chi connectivity index (χ3n) is 4.44. The molecule has 0 fully saturated rings. The maximum absolute atomic E-state index is 14.2. The van der Waals surface area contributed by atoms with Crippen LogP contribution < -0.4 is 9.63 Å². The molecule has 0 saturated heterocycles. The van der Waals surface area contributed by atoms with Gasteiger partial charge in [0, 0.05) is 0 Å². The van der Waals surface area contributed by atoms with Crippen molar-refractivity contribution >= 4 is 39.1 Å². The third-order valence-corrected chi connectivity index (χ3v) is 5.05. The van der Waals surface area contributed by atoms with Gasteiger partial charge in [-0.05, 0) is 0 Å². The summed E-state index contributed by atoms with van der Waals surface area (Å²) in [5.41, 5.74) is 1.24. The second-order valence-electron chi connectivity index (χ2n) is 6.37. The number of halogens is 2. The van der Waals surface area contributed by atoms with E-state index in [1.54, 1.807) is 43.4 Å². The fourth-order valence-electron chi connectivity index (χ4n) is 2.92. The molecule has 0 bridgehead atoms. The summed E-state index contributed by atoms with van der Waals surface area (Å²) in [6.45, 7) is 3.88. The fourth-order valence-corrected chi connectivity index (χ4v) is 3.26. The Labute approximate surface area is 180 Å². The molecule has 0 saturated carbocycles. The normalized spacial score (nSPS) is 10.7. The number of amides is 1. The molecule has 0 aliphatic heterocycles. The molecule has 0 atom stereocenters. The second-order valence-corrected chi connectivity index (χ2v) is 7.07. The van der Waals surface area contributed by atoms with Gasteiger partial charge in [0.2, 0.25) is 0 Å². The zero-order valence-corrected chi connectivity index (χ0v) is 17.2. The van der Waals surface area contributed by atoms with Gasteiger partial charge in [-0.1, -0.05) is 0 Å². The predicted molar refractivity (Wildman–Crippen MR) is 107 cm³/mol. The number of fused-ring (bicyclic) bond motifs is 1. The van der Waals surface area contributed by atoms with Gasteiger partial charge in [-0.25, -0.2) is 0 Å². The van der Waals surface area contributed by atoms with E-state index in [1.807, 2.05) is 0 Å². The van der Waals surface area contributed by atoms with Gasteiger partial charge in [-0.15, -0.1) is 0 Å². The average Bonchev–Trinajstić information content (AvgIpc) is 2.71. The number of benzene rings is 2. The summed E-state index contributed by atoms with van der Waals surface area (Å²) in [6, 6.07) is 11.4. The fraction of sp³-hybridized carbons (Fsp3) is 0.0952. The van der Waals surface area contributed by atoms with E-state index < -0.39 is 11.7 Å². The maximum atomic E-state index is 14.2. The van der Waals surface area contributed by atoms with Gasteiger partial charge in [0.25, 0.3) is 0 Å². The van der Waals surface area contributed by atoms with Crippen LogP contribution >= 0.6 is 11.6 Å². The van der Waals surface area contributed by atoms with Crippen molar-refractivity contribution in [2.24, 2.45) is 0 Å². The molecule has 5 nitrogen and oxygen atoms in total. The number of carbonyl (C=O) groups excluding carboxylic acids is 1. The van der Waals surface area contributed by atoms with Crippen LogP contribution in [-0.4, -0.2) is 28.2 Å². The monoisotopic (exact) mass is 456 g/mol. The number of rotatable bonds is 6. The molecule has 8 heteroatoms. The Hall–Kier alpha value is -2.76. The van der Waals surface area contributed by atoms with Gasteiger partial charge in [0.1, 0.15) is 0 Å². The molecule has 1 N–H and O–H groups in total. The van der Waals surface area contributed by atoms with Crippen LogP contribution in [0.15, 0.2) is 67.1 Å². The van der Waals surface area contributed by atoms with Crippen LogP contribution in [0.1, 0.15) is 5.56 Å². The van der Waals surface area contributed by atoms with Crippen LogP contribution in [0.25, 0.3) is 10.8 Å². The Morgan fingerprint density at radius 3 is 2.69 bits per heavy atom. The topological polar surface area (TPSA) is 47.7 Å². The summed E-state index contributed by atoms with van der Waals surface area (Å²) < 4.78 is 15.0. The molecule has 29 heavy (non-hydrogen) atoms. The number of nitrogens with zero attached hydrogens (tertiary/aromatic N) is 3. The van der Waals surface area contributed by atoms with Crippen molar-refractivity contribution in [1.29, 1.82) is 0 Å². The van der Waals surface area contributed by atoms with E-state index in [9.17, 15) is 14.4 Å². The van der Waals surface area contributed by atoms with Crippen LogP contribution in [-0.2, 0) is 26.4 Å². The number of carbonyl (C=O) groups is 1. The summed E-state index contributed by atoms with van der Waals surface area (Å²) >= 11 is 10.7. The van der Waals surface area contributed by atoms with Crippen LogP contribution in [0.3, 0.4) is 0 Å².